The van der Waals surface area contributed by atoms with Gasteiger partial charge in [-0.2, -0.15) is 0 Å². The molecule has 1 atom stereocenters. The molecule has 0 aromatic heterocycles. The topological polar surface area (TPSA) is 26.3 Å². The Morgan fingerprint density at radius 2 is 1.79 bits per heavy atom. The van der Waals surface area contributed by atoms with Gasteiger partial charge in [0.15, 0.2) is 11.6 Å². The van der Waals surface area contributed by atoms with Gasteiger partial charge in [0.25, 0.3) is 0 Å². The van der Waals surface area contributed by atoms with Gasteiger partial charge in [-0.15, -0.1) is 0 Å². The van der Waals surface area contributed by atoms with Gasteiger partial charge < -0.3 is 9.53 Å². The van der Waals surface area contributed by atoms with E-state index in [-0.39, 0.29) is 5.75 Å². The van der Waals surface area contributed by atoms with Gasteiger partial charge in [-0.3, -0.25) is 0 Å². The molecule has 0 aliphatic carbocycles. The third-order valence-electron chi connectivity index (χ3n) is 2.44. The zero-order valence-electron chi connectivity index (χ0n) is 9.65. The molecule has 0 N–H and O–H groups in total. The highest BCUT2D eigenvalue weighted by Crippen LogP contribution is 2.28. The first-order valence-corrected chi connectivity index (χ1v) is 6.34. The molecular weight excluding hydrogens is 318 g/mol. The van der Waals surface area contributed by atoms with E-state index < -0.39 is 16.5 Å². The van der Waals surface area contributed by atoms with Crippen LogP contribution in [0.3, 0.4) is 0 Å². The van der Waals surface area contributed by atoms with E-state index in [0.717, 1.165) is 0 Å². The van der Waals surface area contributed by atoms with Crippen molar-refractivity contribution in [3.8, 4) is 11.5 Å². The number of carbonyl (C=O) groups is 1. The van der Waals surface area contributed by atoms with Crippen LogP contribution in [0.1, 0.15) is 10.4 Å². The maximum atomic E-state index is 13.8. The molecule has 2 aromatic rings. The van der Waals surface area contributed by atoms with Gasteiger partial charge in [0.2, 0.25) is 0 Å². The van der Waals surface area contributed by atoms with Crippen molar-refractivity contribution in [2.75, 3.05) is 0 Å². The number of hydrogen-bond acceptors (Lipinski definition) is 2. The maximum Gasteiger partial charge on any atom is 0.166 e. The highest BCUT2D eigenvalue weighted by Gasteiger charge is 2.11. The van der Waals surface area contributed by atoms with Gasteiger partial charge in [0.1, 0.15) is 17.9 Å². The first kappa shape index (κ1) is 13.7. The number of benzene rings is 2. The van der Waals surface area contributed by atoms with Crippen LogP contribution >= 0.6 is 15.9 Å². The lowest BCUT2D eigenvalue weighted by Gasteiger charge is -2.09. The summed E-state index contributed by atoms with van der Waals surface area (Å²) < 4.78 is 31.8. The second-order valence-corrected chi connectivity index (χ2v) is 4.77. The number of halogens is 3. The van der Waals surface area contributed by atoms with Crippen molar-refractivity contribution >= 4 is 22.2 Å². The lowest BCUT2D eigenvalue weighted by atomic mass is 10.1. The Morgan fingerprint density at radius 1 is 1.11 bits per heavy atom. The Hall–Kier alpha value is -1.75. The Kier molecular flexibility index (Phi) is 4.27. The summed E-state index contributed by atoms with van der Waals surface area (Å²) in [4.78, 5) is 10.0. The Balaban J connectivity index is 2.21. The summed E-state index contributed by atoms with van der Waals surface area (Å²) in [6.45, 7) is 0. The molecule has 0 fully saturated rings. The van der Waals surface area contributed by atoms with Crippen LogP contribution in [-0.2, 0) is 4.79 Å². The van der Waals surface area contributed by atoms with E-state index in [0.29, 0.717) is 17.6 Å². The van der Waals surface area contributed by atoms with Crippen LogP contribution in [0.4, 0.5) is 8.78 Å². The van der Waals surface area contributed by atoms with Crippen molar-refractivity contribution in [2.24, 2.45) is 0 Å². The van der Waals surface area contributed by atoms with E-state index >= 15 is 0 Å². The van der Waals surface area contributed by atoms with Gasteiger partial charge >= 0.3 is 0 Å². The van der Waals surface area contributed by atoms with Gasteiger partial charge in [-0.25, -0.2) is 8.78 Å². The smallest absolute Gasteiger partial charge is 0.166 e. The van der Waals surface area contributed by atoms with Gasteiger partial charge in [0.05, 0.1) is 4.83 Å². The van der Waals surface area contributed by atoms with E-state index in [1.54, 1.807) is 6.07 Å². The standard InChI is InChI=1S/C14H9BrF2O2/c15-12(8-18)9-1-6-14(13(17)7-9)19-11-4-2-10(16)3-5-11/h1-8,12H. The number of hydrogen-bond donors (Lipinski definition) is 0. The minimum atomic E-state index is -0.590. The van der Waals surface area contributed by atoms with Crippen LogP contribution in [0.15, 0.2) is 42.5 Å². The molecule has 0 saturated carbocycles. The van der Waals surface area contributed by atoms with Crippen LogP contribution in [0.25, 0.3) is 0 Å². The summed E-state index contributed by atoms with van der Waals surface area (Å²) in [6.07, 6.45) is 0.662. The second kappa shape index (κ2) is 5.93. The van der Waals surface area contributed by atoms with Gasteiger partial charge in [-0.05, 0) is 42.0 Å². The quantitative estimate of drug-likeness (QED) is 0.615. The molecule has 1 unspecified atom stereocenters. The minimum absolute atomic E-state index is 0.0148. The monoisotopic (exact) mass is 326 g/mol. The Labute approximate surface area is 117 Å². The molecule has 0 saturated heterocycles. The molecule has 98 valence electrons. The van der Waals surface area contributed by atoms with Crippen molar-refractivity contribution in [1.82, 2.24) is 0 Å². The van der Waals surface area contributed by atoms with Gasteiger partial charge in [-0.1, -0.05) is 22.0 Å². The third kappa shape index (κ3) is 3.38. The Morgan fingerprint density at radius 3 is 2.37 bits per heavy atom. The van der Waals surface area contributed by atoms with E-state index in [4.69, 9.17) is 4.74 Å². The lowest BCUT2D eigenvalue weighted by molar-refractivity contribution is -0.107. The fourth-order valence-corrected chi connectivity index (χ4v) is 1.76. The van der Waals surface area contributed by atoms with E-state index in [1.807, 2.05) is 0 Å². The van der Waals surface area contributed by atoms with Crippen molar-refractivity contribution in [2.45, 2.75) is 4.83 Å². The first-order valence-electron chi connectivity index (χ1n) is 5.42. The lowest BCUT2D eigenvalue weighted by Crippen LogP contribution is -1.94. The number of carbonyl (C=O) groups excluding carboxylic acids is 1. The van der Waals surface area contributed by atoms with E-state index in [9.17, 15) is 13.6 Å². The molecule has 5 heteroatoms. The predicted octanol–water partition coefficient (Wildman–Crippen LogP) is 4.39. The van der Waals surface area contributed by atoms with Crippen LogP contribution in [0.2, 0.25) is 0 Å². The average molecular weight is 327 g/mol. The molecule has 0 radical (unpaired) electrons. The summed E-state index contributed by atoms with van der Waals surface area (Å²) >= 11 is 3.10. The second-order valence-electron chi connectivity index (χ2n) is 3.78. The third-order valence-corrected chi connectivity index (χ3v) is 3.18. The largest absolute Gasteiger partial charge is 0.454 e. The summed E-state index contributed by atoms with van der Waals surface area (Å²) in [5, 5.41) is 0. The van der Waals surface area contributed by atoms with Crippen LogP contribution in [0, 0.1) is 11.6 Å². The fraction of sp³-hybridized carbons (Fsp3) is 0.0714. The highest BCUT2D eigenvalue weighted by molar-refractivity contribution is 9.09. The summed E-state index contributed by atoms with van der Waals surface area (Å²) in [7, 11) is 0. The summed E-state index contributed by atoms with van der Waals surface area (Å²) in [6, 6.07) is 9.47. The van der Waals surface area contributed by atoms with Crippen LogP contribution < -0.4 is 4.74 Å². The first-order chi connectivity index (χ1) is 9.10. The van der Waals surface area contributed by atoms with Crippen LogP contribution in [0.5, 0.6) is 11.5 Å². The molecule has 0 bridgehead atoms. The highest BCUT2D eigenvalue weighted by atomic mass is 79.9. The molecular formula is C14H9BrF2O2. The SMILES string of the molecule is O=CC(Br)c1ccc(Oc2ccc(F)cc2)c(F)c1. The minimum Gasteiger partial charge on any atom is -0.454 e. The number of ether oxygens (including phenoxy) is 1. The molecule has 2 rings (SSSR count). The summed E-state index contributed by atoms with van der Waals surface area (Å²) in [5.41, 5.74) is 0.499. The molecule has 19 heavy (non-hydrogen) atoms. The van der Waals surface area contributed by atoms with E-state index in [1.165, 1.54) is 36.4 Å². The van der Waals surface area contributed by atoms with Crippen molar-refractivity contribution in [3.63, 3.8) is 0 Å². The molecule has 2 aromatic carbocycles. The zero-order chi connectivity index (χ0) is 13.8. The van der Waals surface area contributed by atoms with Crippen LogP contribution in [-0.4, -0.2) is 6.29 Å². The molecule has 2 nitrogen and oxygen atoms in total. The van der Waals surface area contributed by atoms with Gasteiger partial charge in [0, 0.05) is 0 Å². The Bertz CT molecular complexity index is 584. The van der Waals surface area contributed by atoms with Crippen molar-refractivity contribution < 1.29 is 18.3 Å². The molecule has 0 amide bonds. The number of rotatable bonds is 4. The predicted molar refractivity (Wildman–Crippen MR) is 70.6 cm³/mol. The average Bonchev–Trinajstić information content (AvgIpc) is 2.42. The molecule has 0 aliphatic heterocycles. The summed E-state index contributed by atoms with van der Waals surface area (Å²) in [5.74, 6) is -0.635. The van der Waals surface area contributed by atoms with E-state index in [2.05, 4.69) is 15.9 Å². The fourth-order valence-electron chi connectivity index (χ4n) is 1.48. The normalized spacial score (nSPS) is 11.9. The zero-order valence-corrected chi connectivity index (χ0v) is 11.2. The maximum absolute atomic E-state index is 13.8. The number of alkyl halides is 1. The molecule has 0 spiro atoms. The number of aldehydes is 1. The van der Waals surface area contributed by atoms with Crippen molar-refractivity contribution in [3.05, 3.63) is 59.7 Å². The molecule has 0 aliphatic rings. The molecule has 0 heterocycles. The van der Waals surface area contributed by atoms with Crippen molar-refractivity contribution in [1.29, 1.82) is 0 Å².